The maximum atomic E-state index is 14.2. The highest BCUT2D eigenvalue weighted by Crippen LogP contribution is 2.64. The molecule has 0 aromatic heterocycles. The van der Waals surface area contributed by atoms with Crippen LogP contribution >= 0.6 is 0 Å². The van der Waals surface area contributed by atoms with Gasteiger partial charge in [-0.05, 0) is 29.5 Å². The van der Waals surface area contributed by atoms with E-state index in [2.05, 4.69) is 0 Å². The zero-order valence-corrected chi connectivity index (χ0v) is 23.1. The quantitative estimate of drug-likeness (QED) is 0.149. The molecule has 266 valence electrons. The van der Waals surface area contributed by atoms with Crippen molar-refractivity contribution in [2.45, 2.75) is 86.0 Å². The van der Waals surface area contributed by atoms with Gasteiger partial charge in [0.15, 0.2) is 0 Å². The summed E-state index contributed by atoms with van der Waals surface area (Å²) in [5.41, 5.74) is 6.43. The van der Waals surface area contributed by atoms with Crippen molar-refractivity contribution in [3.8, 4) is 0 Å². The predicted octanol–water partition coefficient (Wildman–Crippen LogP) is 8.63. The third-order valence-corrected chi connectivity index (χ3v) is 6.71. The summed E-state index contributed by atoms with van der Waals surface area (Å²) < 4.78 is 233. The van der Waals surface area contributed by atoms with Gasteiger partial charge in [0.1, 0.15) is 6.61 Å². The fourth-order valence-electron chi connectivity index (χ4n) is 3.88. The van der Waals surface area contributed by atoms with Gasteiger partial charge in [-0.1, -0.05) is 54.6 Å². The van der Waals surface area contributed by atoms with Crippen molar-refractivity contribution in [2.75, 3.05) is 0 Å². The van der Waals surface area contributed by atoms with Crippen molar-refractivity contribution in [2.24, 2.45) is 5.73 Å². The number of hydrogen-bond acceptors (Lipinski definition) is 3. The maximum absolute atomic E-state index is 14.2. The van der Waals surface area contributed by atoms with Crippen LogP contribution in [0.25, 0.3) is 0 Å². The second-order valence-corrected chi connectivity index (χ2v) is 10.3. The highest BCUT2D eigenvalue weighted by molar-refractivity contribution is 5.70. The number of aryl methyl sites for hydroxylation is 1. The van der Waals surface area contributed by atoms with Gasteiger partial charge in [0.2, 0.25) is 0 Å². The lowest BCUT2D eigenvalue weighted by molar-refractivity contribution is -0.461. The third-order valence-electron chi connectivity index (χ3n) is 6.71. The molecule has 0 aliphatic carbocycles. The third kappa shape index (κ3) is 7.56. The standard InChI is InChI=1S/C27H22F17NO2/c28-20(29,21(30,31)22(32,33)23(34,35)24(36,37)25(38,39)26(40,41)27(42,43)44)11-10-15-6-8-17(9-7-15)14-47-19(46)13-18(45)12-16-4-2-1-3-5-16/h1-9,18H,10-14,45H2/t18-/m0/s1. The molecule has 0 fully saturated rings. The number of ether oxygens (including phenoxy) is 1. The smallest absolute Gasteiger partial charge is 0.460 e. The van der Waals surface area contributed by atoms with E-state index in [-0.39, 0.29) is 12.0 Å². The second-order valence-electron chi connectivity index (χ2n) is 10.3. The Hall–Kier alpha value is -3.32. The van der Waals surface area contributed by atoms with Crippen molar-refractivity contribution < 1.29 is 84.2 Å². The van der Waals surface area contributed by atoms with Crippen LogP contribution in [0.1, 0.15) is 29.5 Å². The molecule has 20 heteroatoms. The van der Waals surface area contributed by atoms with Crippen molar-refractivity contribution in [3.05, 3.63) is 71.3 Å². The van der Waals surface area contributed by atoms with E-state index in [1.165, 1.54) is 0 Å². The minimum Gasteiger partial charge on any atom is -0.461 e. The molecule has 0 radical (unpaired) electrons. The van der Waals surface area contributed by atoms with E-state index in [1.54, 1.807) is 30.3 Å². The lowest BCUT2D eigenvalue weighted by Crippen LogP contribution is -2.74. The Bertz CT molecular complexity index is 1340. The Morgan fingerprint density at radius 3 is 1.47 bits per heavy atom. The summed E-state index contributed by atoms with van der Waals surface area (Å²) in [6.07, 6.45) is -11.7. The normalized spacial score (nSPS) is 15.0. The van der Waals surface area contributed by atoms with Gasteiger partial charge in [0.05, 0.1) is 6.42 Å². The predicted molar refractivity (Wildman–Crippen MR) is 128 cm³/mol. The molecule has 0 amide bonds. The number of alkyl halides is 17. The molecule has 0 unspecified atom stereocenters. The lowest BCUT2D eigenvalue weighted by Gasteiger charge is -2.42. The molecular formula is C27H22F17NO2. The van der Waals surface area contributed by atoms with Crippen LogP contribution in [-0.2, 0) is 29.0 Å². The summed E-state index contributed by atoms with van der Waals surface area (Å²) in [5, 5.41) is 0. The largest absolute Gasteiger partial charge is 0.461 e. The fraction of sp³-hybridized carbons (Fsp3) is 0.519. The molecule has 2 N–H and O–H groups in total. The van der Waals surface area contributed by atoms with E-state index in [0.29, 0.717) is 6.42 Å². The van der Waals surface area contributed by atoms with Crippen LogP contribution in [0.3, 0.4) is 0 Å². The lowest BCUT2D eigenvalue weighted by atomic mass is 9.87. The Balaban J connectivity index is 2.11. The molecule has 2 rings (SSSR count). The number of esters is 1. The molecule has 0 aliphatic rings. The molecule has 0 heterocycles. The van der Waals surface area contributed by atoms with Crippen LogP contribution in [-0.4, -0.2) is 59.6 Å². The molecule has 2 aromatic rings. The van der Waals surface area contributed by atoms with Crippen LogP contribution in [0.5, 0.6) is 0 Å². The van der Waals surface area contributed by atoms with Crippen molar-refractivity contribution in [1.29, 1.82) is 0 Å². The Labute approximate surface area is 253 Å². The van der Waals surface area contributed by atoms with Gasteiger partial charge in [0.25, 0.3) is 0 Å². The Kier molecular flexibility index (Phi) is 11.3. The van der Waals surface area contributed by atoms with Gasteiger partial charge in [-0.2, -0.15) is 74.6 Å². The Morgan fingerprint density at radius 1 is 0.574 bits per heavy atom. The molecule has 2 aromatic carbocycles. The summed E-state index contributed by atoms with van der Waals surface area (Å²) in [5.74, 6) is -57.3. The zero-order valence-electron chi connectivity index (χ0n) is 23.1. The summed E-state index contributed by atoms with van der Waals surface area (Å²) >= 11 is 0. The summed E-state index contributed by atoms with van der Waals surface area (Å²) in [6, 6.07) is 12.0. The Morgan fingerprint density at radius 2 is 1.00 bits per heavy atom. The van der Waals surface area contributed by atoms with Crippen molar-refractivity contribution >= 4 is 5.97 Å². The SMILES string of the molecule is N[C@H](CC(=O)OCc1ccc(CCC(F)(F)C(F)(F)C(F)(F)C(F)(F)C(F)(F)C(F)(F)C(F)(F)C(F)(F)F)cc1)Cc1ccccc1. The van der Waals surface area contributed by atoms with Gasteiger partial charge in [-0.25, -0.2) is 0 Å². The minimum atomic E-state index is -8.66. The first-order chi connectivity index (χ1) is 21.1. The number of hydrogen-bond donors (Lipinski definition) is 1. The number of nitrogens with two attached hydrogens (primary N) is 1. The maximum Gasteiger partial charge on any atom is 0.460 e. The van der Waals surface area contributed by atoms with Gasteiger partial charge < -0.3 is 10.5 Å². The first-order valence-corrected chi connectivity index (χ1v) is 12.8. The summed E-state index contributed by atoms with van der Waals surface area (Å²) in [6.45, 7) is -0.432. The van der Waals surface area contributed by atoms with Crippen LogP contribution in [0, 0.1) is 0 Å². The molecule has 1 atom stereocenters. The molecule has 47 heavy (non-hydrogen) atoms. The summed E-state index contributed by atoms with van der Waals surface area (Å²) in [7, 11) is 0. The van der Waals surface area contributed by atoms with Crippen LogP contribution < -0.4 is 5.73 Å². The second kappa shape index (κ2) is 13.3. The first kappa shape index (κ1) is 39.9. The summed E-state index contributed by atoms with van der Waals surface area (Å²) in [4.78, 5) is 12.0. The van der Waals surface area contributed by atoms with Crippen LogP contribution in [0.15, 0.2) is 54.6 Å². The molecule has 0 saturated heterocycles. The average molecular weight is 715 g/mol. The topological polar surface area (TPSA) is 52.3 Å². The van der Waals surface area contributed by atoms with Gasteiger partial charge in [-0.15, -0.1) is 0 Å². The van der Waals surface area contributed by atoms with Gasteiger partial charge >= 0.3 is 53.6 Å². The monoisotopic (exact) mass is 715 g/mol. The molecule has 3 nitrogen and oxygen atoms in total. The molecular weight excluding hydrogens is 693 g/mol. The molecule has 0 saturated carbocycles. The number of carbonyl (C=O) groups excluding carboxylic acids is 1. The van der Waals surface area contributed by atoms with Crippen LogP contribution in [0.4, 0.5) is 74.6 Å². The zero-order chi connectivity index (χ0) is 36.5. The van der Waals surface area contributed by atoms with E-state index >= 15 is 0 Å². The average Bonchev–Trinajstić information content (AvgIpc) is 2.94. The molecule has 0 spiro atoms. The van der Waals surface area contributed by atoms with E-state index < -0.39 is 84.7 Å². The van der Waals surface area contributed by atoms with E-state index in [0.717, 1.165) is 29.8 Å². The number of rotatable bonds is 15. The molecule has 0 aliphatic heterocycles. The van der Waals surface area contributed by atoms with Gasteiger partial charge in [-0.3, -0.25) is 4.79 Å². The van der Waals surface area contributed by atoms with Gasteiger partial charge in [0, 0.05) is 12.5 Å². The molecule has 0 bridgehead atoms. The van der Waals surface area contributed by atoms with Crippen LogP contribution in [0.2, 0.25) is 0 Å². The number of halogens is 17. The number of benzene rings is 2. The highest BCUT2D eigenvalue weighted by atomic mass is 19.4. The highest BCUT2D eigenvalue weighted by Gasteiger charge is 2.95. The first-order valence-electron chi connectivity index (χ1n) is 12.8. The van der Waals surface area contributed by atoms with E-state index in [1.807, 2.05) is 0 Å². The van der Waals surface area contributed by atoms with E-state index in [9.17, 15) is 79.4 Å². The van der Waals surface area contributed by atoms with Crippen molar-refractivity contribution in [3.63, 3.8) is 0 Å². The van der Waals surface area contributed by atoms with E-state index in [4.69, 9.17) is 10.5 Å². The fourth-order valence-corrected chi connectivity index (χ4v) is 3.88. The van der Waals surface area contributed by atoms with Crippen molar-refractivity contribution in [1.82, 2.24) is 0 Å². The minimum absolute atomic E-state index is 0.154. The number of carbonyl (C=O) groups is 1.